The molecule has 8 heteroatoms. The highest BCUT2D eigenvalue weighted by atomic mass is 79.9. The van der Waals surface area contributed by atoms with E-state index in [9.17, 15) is 14.4 Å². The van der Waals surface area contributed by atoms with Crippen molar-refractivity contribution in [1.29, 1.82) is 0 Å². The Kier molecular flexibility index (Phi) is 6.83. The minimum atomic E-state index is -1.51. The number of hydrogen-bond donors (Lipinski definition) is 4. The number of rotatable bonds is 7. The summed E-state index contributed by atoms with van der Waals surface area (Å²) in [5, 5.41) is 22.3. The Morgan fingerprint density at radius 1 is 1.24 bits per heavy atom. The summed E-state index contributed by atoms with van der Waals surface area (Å²) in [6, 6.07) is 6.71. The van der Waals surface area contributed by atoms with Crippen LogP contribution in [0.25, 0.3) is 0 Å². The normalized spacial score (nSPS) is 11.5. The van der Waals surface area contributed by atoms with Crippen LogP contribution < -0.4 is 10.6 Å². The van der Waals surface area contributed by atoms with Crippen LogP contribution in [0.1, 0.15) is 16.8 Å². The third kappa shape index (κ3) is 6.37. The molecule has 21 heavy (non-hydrogen) atoms. The van der Waals surface area contributed by atoms with Gasteiger partial charge in [-0.25, -0.2) is 4.79 Å². The smallest absolute Gasteiger partial charge is 0.332 e. The third-order valence-corrected chi connectivity index (χ3v) is 3.01. The third-order valence-electron chi connectivity index (χ3n) is 2.52. The predicted octanol–water partition coefficient (Wildman–Crippen LogP) is 0.131. The second-order valence-electron chi connectivity index (χ2n) is 4.19. The molecule has 1 aromatic rings. The van der Waals surface area contributed by atoms with Crippen LogP contribution in [0, 0.1) is 0 Å². The van der Waals surface area contributed by atoms with Gasteiger partial charge in [-0.2, -0.15) is 0 Å². The lowest BCUT2D eigenvalue weighted by molar-refractivity contribution is -0.147. The molecular formula is C13H15BrN2O5. The molecule has 114 valence electrons. The highest BCUT2D eigenvalue weighted by molar-refractivity contribution is 9.10. The maximum atomic E-state index is 11.7. The Balaban J connectivity index is 2.30. The summed E-state index contributed by atoms with van der Waals surface area (Å²) in [7, 11) is 0. The molecule has 1 unspecified atom stereocenters. The molecule has 0 fully saturated rings. The highest BCUT2D eigenvalue weighted by Crippen LogP contribution is 2.11. The first kappa shape index (κ1) is 17.1. The number of nitrogens with one attached hydrogen (secondary N) is 2. The number of halogens is 1. The Morgan fingerprint density at radius 3 is 2.57 bits per heavy atom. The molecule has 4 N–H and O–H groups in total. The Bertz CT molecular complexity index is 535. The van der Waals surface area contributed by atoms with Crippen LogP contribution >= 0.6 is 15.9 Å². The molecule has 0 aliphatic heterocycles. The average Bonchev–Trinajstić information content (AvgIpc) is 2.44. The van der Waals surface area contributed by atoms with Gasteiger partial charge in [0.15, 0.2) is 6.10 Å². The second-order valence-corrected chi connectivity index (χ2v) is 5.10. The van der Waals surface area contributed by atoms with Crippen LogP contribution in [-0.2, 0) is 9.59 Å². The highest BCUT2D eigenvalue weighted by Gasteiger charge is 2.13. The number of carbonyl (C=O) groups is 3. The molecule has 1 atom stereocenters. The number of aliphatic hydroxyl groups excluding tert-OH is 1. The van der Waals surface area contributed by atoms with Gasteiger partial charge in [0, 0.05) is 23.0 Å². The van der Waals surface area contributed by atoms with E-state index in [1.54, 1.807) is 24.3 Å². The van der Waals surface area contributed by atoms with Gasteiger partial charge < -0.3 is 20.8 Å². The van der Waals surface area contributed by atoms with Gasteiger partial charge in [-0.15, -0.1) is 0 Å². The molecule has 0 bridgehead atoms. The SMILES string of the molecule is O=C(CNC(=O)c1cccc(Br)c1)NCCC(O)C(=O)O. The van der Waals surface area contributed by atoms with E-state index in [1.807, 2.05) is 0 Å². The van der Waals surface area contributed by atoms with E-state index in [-0.39, 0.29) is 19.5 Å². The Hall–Kier alpha value is -1.93. The summed E-state index contributed by atoms with van der Waals surface area (Å²) in [5.74, 6) is -2.19. The van der Waals surface area contributed by atoms with E-state index < -0.39 is 23.9 Å². The van der Waals surface area contributed by atoms with Gasteiger partial charge in [0.25, 0.3) is 5.91 Å². The zero-order valence-corrected chi connectivity index (χ0v) is 12.6. The molecule has 0 heterocycles. The van der Waals surface area contributed by atoms with E-state index in [1.165, 1.54) is 0 Å². The maximum absolute atomic E-state index is 11.7. The minimum Gasteiger partial charge on any atom is -0.479 e. The minimum absolute atomic E-state index is 0.0130. The molecule has 7 nitrogen and oxygen atoms in total. The molecule has 1 aromatic carbocycles. The second kappa shape index (κ2) is 8.38. The van der Waals surface area contributed by atoms with Gasteiger partial charge >= 0.3 is 5.97 Å². The standard InChI is InChI=1S/C13H15BrN2O5/c14-9-3-1-2-8(6-9)12(19)16-7-11(18)15-5-4-10(17)13(20)21/h1-3,6,10,17H,4-5,7H2,(H,15,18)(H,16,19)(H,20,21). The largest absolute Gasteiger partial charge is 0.479 e. The van der Waals surface area contributed by atoms with Crippen molar-refractivity contribution < 1.29 is 24.6 Å². The fraction of sp³-hybridized carbons (Fsp3) is 0.308. The number of aliphatic hydroxyl groups is 1. The summed E-state index contributed by atoms with van der Waals surface area (Å²) < 4.78 is 0.752. The number of carboxylic acids is 1. The molecule has 0 aliphatic carbocycles. The van der Waals surface area contributed by atoms with E-state index in [2.05, 4.69) is 26.6 Å². The molecular weight excluding hydrogens is 344 g/mol. The van der Waals surface area contributed by atoms with Crippen molar-refractivity contribution in [3.05, 3.63) is 34.3 Å². The molecule has 0 radical (unpaired) electrons. The van der Waals surface area contributed by atoms with Crippen LogP contribution in [-0.4, -0.2) is 47.2 Å². The summed E-state index contributed by atoms with van der Waals surface area (Å²) in [4.78, 5) is 33.5. The van der Waals surface area contributed by atoms with Crippen molar-refractivity contribution in [1.82, 2.24) is 10.6 Å². The summed E-state index contributed by atoms with van der Waals surface area (Å²) in [5.41, 5.74) is 0.415. The Morgan fingerprint density at radius 2 is 1.95 bits per heavy atom. The number of amides is 2. The summed E-state index contributed by atoms with van der Waals surface area (Å²) in [6.07, 6.45) is -1.61. The van der Waals surface area contributed by atoms with Crippen LogP contribution in [0.3, 0.4) is 0 Å². The fourth-order valence-electron chi connectivity index (χ4n) is 1.43. The molecule has 0 aromatic heterocycles. The molecule has 0 aliphatic rings. The lowest BCUT2D eigenvalue weighted by Gasteiger charge is -2.08. The number of benzene rings is 1. The van der Waals surface area contributed by atoms with Crippen molar-refractivity contribution in [2.45, 2.75) is 12.5 Å². The van der Waals surface area contributed by atoms with Crippen molar-refractivity contribution >= 4 is 33.7 Å². The first-order chi connectivity index (χ1) is 9.90. The van der Waals surface area contributed by atoms with Gasteiger partial charge in [0.2, 0.25) is 5.91 Å². The first-order valence-corrected chi connectivity index (χ1v) is 6.91. The molecule has 1 rings (SSSR count). The van der Waals surface area contributed by atoms with Crippen molar-refractivity contribution in [2.75, 3.05) is 13.1 Å². The zero-order chi connectivity index (χ0) is 15.8. The van der Waals surface area contributed by atoms with Gasteiger partial charge in [-0.1, -0.05) is 22.0 Å². The van der Waals surface area contributed by atoms with E-state index >= 15 is 0 Å². The van der Waals surface area contributed by atoms with Gasteiger partial charge in [0.1, 0.15) is 0 Å². The van der Waals surface area contributed by atoms with E-state index in [4.69, 9.17) is 10.2 Å². The van der Waals surface area contributed by atoms with Crippen LogP contribution in [0.2, 0.25) is 0 Å². The van der Waals surface area contributed by atoms with Crippen LogP contribution in [0.15, 0.2) is 28.7 Å². The van der Waals surface area contributed by atoms with Crippen molar-refractivity contribution in [3.63, 3.8) is 0 Å². The van der Waals surface area contributed by atoms with Gasteiger partial charge in [-0.3, -0.25) is 9.59 Å². The van der Waals surface area contributed by atoms with Gasteiger partial charge in [-0.05, 0) is 18.2 Å². The molecule has 0 saturated heterocycles. The quantitative estimate of drug-likeness (QED) is 0.552. The van der Waals surface area contributed by atoms with E-state index in [0.29, 0.717) is 5.56 Å². The molecule has 2 amide bonds. The van der Waals surface area contributed by atoms with Crippen molar-refractivity contribution in [2.24, 2.45) is 0 Å². The van der Waals surface area contributed by atoms with Crippen LogP contribution in [0.4, 0.5) is 0 Å². The molecule has 0 spiro atoms. The monoisotopic (exact) mass is 358 g/mol. The molecule has 0 saturated carbocycles. The predicted molar refractivity (Wildman–Crippen MR) is 77.7 cm³/mol. The maximum Gasteiger partial charge on any atom is 0.332 e. The average molecular weight is 359 g/mol. The fourth-order valence-corrected chi connectivity index (χ4v) is 1.83. The van der Waals surface area contributed by atoms with E-state index in [0.717, 1.165) is 4.47 Å². The Labute approximate surface area is 129 Å². The number of carboxylic acid groups (broad SMARTS) is 1. The number of carbonyl (C=O) groups excluding carboxylic acids is 2. The zero-order valence-electron chi connectivity index (χ0n) is 11.0. The lowest BCUT2D eigenvalue weighted by atomic mass is 10.2. The van der Waals surface area contributed by atoms with Crippen LogP contribution in [0.5, 0.6) is 0 Å². The first-order valence-electron chi connectivity index (χ1n) is 6.11. The summed E-state index contributed by atoms with van der Waals surface area (Å²) in [6.45, 7) is -0.215. The summed E-state index contributed by atoms with van der Waals surface area (Å²) >= 11 is 3.24. The van der Waals surface area contributed by atoms with Crippen molar-refractivity contribution in [3.8, 4) is 0 Å². The topological polar surface area (TPSA) is 116 Å². The lowest BCUT2D eigenvalue weighted by Crippen LogP contribution is -2.38. The van der Waals surface area contributed by atoms with Gasteiger partial charge in [0.05, 0.1) is 6.54 Å². The number of aliphatic carboxylic acids is 1. The number of hydrogen-bond acceptors (Lipinski definition) is 4.